The fourth-order valence-electron chi connectivity index (χ4n) is 4.76. The van der Waals surface area contributed by atoms with Crippen molar-refractivity contribution in [3.8, 4) is 0 Å². The number of aromatic nitrogens is 5. The molecule has 0 saturated carbocycles. The Hall–Kier alpha value is -3.16. The Labute approximate surface area is 195 Å². The van der Waals surface area contributed by atoms with Crippen LogP contribution < -0.4 is 15.1 Å². The number of carbonyl (C=O) groups excluding carboxylic acids is 1. The highest BCUT2D eigenvalue weighted by atomic mass is 32.1. The second kappa shape index (κ2) is 7.68. The molecule has 2 atom stereocenters. The number of hydrogen-bond donors (Lipinski definition) is 1. The molecule has 2 unspecified atom stereocenters. The summed E-state index contributed by atoms with van der Waals surface area (Å²) in [5.74, 6) is 0.468. The number of anilines is 2. The first-order valence-electron chi connectivity index (χ1n) is 11.1. The maximum Gasteiger partial charge on any atom is 0.451 e. The molecule has 0 aliphatic carbocycles. The lowest BCUT2D eigenvalue weighted by molar-refractivity contribution is -0.147. The van der Waals surface area contributed by atoms with Gasteiger partial charge in [0.15, 0.2) is 5.82 Å². The van der Waals surface area contributed by atoms with Gasteiger partial charge in [-0.1, -0.05) is 13.3 Å². The van der Waals surface area contributed by atoms with Gasteiger partial charge in [-0.05, 0) is 12.5 Å². The molecule has 0 radical (unpaired) electrons. The highest BCUT2D eigenvalue weighted by Crippen LogP contribution is 2.37. The lowest BCUT2D eigenvalue weighted by Crippen LogP contribution is -2.36. The zero-order valence-electron chi connectivity index (χ0n) is 18.2. The largest absolute Gasteiger partial charge is 0.451 e. The second-order valence-electron chi connectivity index (χ2n) is 8.64. The number of ether oxygens (including phenoxy) is 1. The number of halogens is 3. The molecule has 14 heteroatoms. The van der Waals surface area contributed by atoms with Gasteiger partial charge in [0.05, 0.1) is 24.5 Å². The third-order valence-electron chi connectivity index (χ3n) is 6.33. The van der Waals surface area contributed by atoms with Crippen LogP contribution in [0.3, 0.4) is 0 Å². The Morgan fingerprint density at radius 1 is 1.21 bits per heavy atom. The molecule has 34 heavy (non-hydrogen) atoms. The summed E-state index contributed by atoms with van der Waals surface area (Å²) < 4.78 is 46.2. The van der Waals surface area contributed by atoms with Gasteiger partial charge in [-0.15, -0.1) is 21.5 Å². The van der Waals surface area contributed by atoms with Gasteiger partial charge in [-0.25, -0.2) is 9.78 Å². The molecule has 3 aliphatic heterocycles. The molecule has 3 aliphatic rings. The maximum absolute atomic E-state index is 13.3. The number of nitrogens with zero attached hydrogens (tertiary/aromatic N) is 7. The van der Waals surface area contributed by atoms with Crippen LogP contribution in [-0.4, -0.2) is 62.6 Å². The van der Waals surface area contributed by atoms with Gasteiger partial charge in [0.2, 0.25) is 11.8 Å². The number of hydrogen-bond acceptors (Lipinski definition) is 9. The molecule has 10 nitrogen and oxygen atoms in total. The van der Waals surface area contributed by atoms with E-state index >= 15 is 0 Å². The van der Waals surface area contributed by atoms with Crippen molar-refractivity contribution in [2.24, 2.45) is 0 Å². The average molecular weight is 495 g/mol. The van der Waals surface area contributed by atoms with Crippen LogP contribution in [0.4, 0.5) is 29.7 Å². The molecule has 6 heterocycles. The summed E-state index contributed by atoms with van der Waals surface area (Å²) in [6, 6.07) is 1.95. The quantitative estimate of drug-likeness (QED) is 0.591. The summed E-state index contributed by atoms with van der Waals surface area (Å²) >= 11 is 1.60. The van der Waals surface area contributed by atoms with E-state index < -0.39 is 18.1 Å². The molecule has 2 fully saturated rings. The Kier molecular flexibility index (Phi) is 4.83. The van der Waals surface area contributed by atoms with Gasteiger partial charge in [0, 0.05) is 24.5 Å². The van der Waals surface area contributed by atoms with Gasteiger partial charge in [-0.3, -0.25) is 0 Å². The number of nitrogens with one attached hydrogen (secondary N) is 1. The Bertz CT molecular complexity index is 1260. The van der Waals surface area contributed by atoms with Crippen molar-refractivity contribution < 1.29 is 22.7 Å². The standard InChI is InChI=1S/C20H21F3N8O2S/c1-2-3-10-6-11-15(29-4-5-31-14(9-29)27-28-17(31)20(21,22)23)25-18(26-16(11)34-10)30-7-12-13(8-30)33-19(32)24-12/h6,12-13H,2-5,7-9H2,1H3,(H,24,32). The van der Waals surface area contributed by atoms with E-state index in [9.17, 15) is 18.0 Å². The molecule has 1 N–H and O–H groups in total. The normalized spacial score (nSPS) is 22.2. The monoisotopic (exact) mass is 494 g/mol. The van der Waals surface area contributed by atoms with Crippen molar-refractivity contribution in [3.63, 3.8) is 0 Å². The van der Waals surface area contributed by atoms with Crippen molar-refractivity contribution in [3.05, 3.63) is 22.6 Å². The highest BCUT2D eigenvalue weighted by Gasteiger charge is 2.43. The molecule has 3 aromatic rings. The molecule has 3 aromatic heterocycles. The minimum absolute atomic E-state index is 0.109. The number of thiophene rings is 1. The van der Waals surface area contributed by atoms with Crippen molar-refractivity contribution >= 4 is 39.4 Å². The molecule has 180 valence electrons. The fourth-order valence-corrected chi connectivity index (χ4v) is 5.88. The Balaban J connectivity index is 1.36. The van der Waals surface area contributed by atoms with Crippen LogP contribution in [0, 0.1) is 0 Å². The third kappa shape index (κ3) is 3.51. The average Bonchev–Trinajstić information content (AvgIpc) is 3.53. The van der Waals surface area contributed by atoms with Crippen LogP contribution in [0.25, 0.3) is 10.2 Å². The SMILES string of the molecule is CCCc1cc2c(N3CCn4c(nnc4C(F)(F)F)C3)nc(N3CC4NC(=O)OC4C3)nc2s1. The minimum Gasteiger partial charge on any atom is -0.442 e. The summed E-state index contributed by atoms with van der Waals surface area (Å²) in [5.41, 5.74) is 0. The van der Waals surface area contributed by atoms with E-state index in [-0.39, 0.29) is 31.1 Å². The van der Waals surface area contributed by atoms with E-state index in [1.165, 1.54) is 4.88 Å². The first-order valence-corrected chi connectivity index (χ1v) is 11.9. The number of amides is 1. The first kappa shape index (κ1) is 21.4. The summed E-state index contributed by atoms with van der Waals surface area (Å²) in [6.45, 7) is 3.72. The number of alkyl carbamates (subject to hydrolysis) is 1. The van der Waals surface area contributed by atoms with Crippen LogP contribution in [0.5, 0.6) is 0 Å². The highest BCUT2D eigenvalue weighted by molar-refractivity contribution is 7.18. The molecule has 0 spiro atoms. The van der Waals surface area contributed by atoms with Crippen LogP contribution in [0.15, 0.2) is 6.07 Å². The lowest BCUT2D eigenvalue weighted by atomic mass is 10.2. The zero-order valence-corrected chi connectivity index (χ0v) is 19.0. The zero-order chi connectivity index (χ0) is 23.6. The van der Waals surface area contributed by atoms with Crippen LogP contribution in [0.2, 0.25) is 0 Å². The van der Waals surface area contributed by atoms with E-state index in [2.05, 4.69) is 28.5 Å². The van der Waals surface area contributed by atoms with Crippen molar-refractivity contribution in [1.82, 2.24) is 30.0 Å². The van der Waals surface area contributed by atoms with Gasteiger partial charge in [0.25, 0.3) is 0 Å². The molecule has 6 rings (SSSR count). The van der Waals surface area contributed by atoms with Crippen molar-refractivity contribution in [1.29, 1.82) is 0 Å². The molecule has 2 saturated heterocycles. The molecular formula is C20H21F3N8O2S. The van der Waals surface area contributed by atoms with Crippen LogP contribution in [-0.2, 0) is 30.4 Å². The second-order valence-corrected chi connectivity index (χ2v) is 9.75. The minimum atomic E-state index is -4.55. The van der Waals surface area contributed by atoms with Crippen LogP contribution in [0.1, 0.15) is 29.9 Å². The maximum atomic E-state index is 13.3. The van der Waals surface area contributed by atoms with Crippen LogP contribution >= 0.6 is 11.3 Å². The fraction of sp³-hybridized carbons (Fsp3) is 0.550. The smallest absolute Gasteiger partial charge is 0.442 e. The Morgan fingerprint density at radius 3 is 2.82 bits per heavy atom. The summed E-state index contributed by atoms with van der Waals surface area (Å²) in [7, 11) is 0. The van der Waals surface area contributed by atoms with Gasteiger partial charge in [-0.2, -0.15) is 18.2 Å². The van der Waals surface area contributed by atoms with Crippen molar-refractivity contribution in [2.45, 2.75) is 51.2 Å². The van der Waals surface area contributed by atoms with Crippen molar-refractivity contribution in [2.75, 3.05) is 29.4 Å². The number of carbonyl (C=O) groups is 1. The van der Waals surface area contributed by atoms with E-state index in [0.29, 0.717) is 31.4 Å². The van der Waals surface area contributed by atoms with Gasteiger partial charge in [0.1, 0.15) is 16.8 Å². The first-order chi connectivity index (χ1) is 16.3. The number of aryl methyl sites for hydroxylation is 1. The van der Waals surface area contributed by atoms with Gasteiger partial charge < -0.3 is 24.4 Å². The van der Waals surface area contributed by atoms with Gasteiger partial charge >= 0.3 is 12.3 Å². The Morgan fingerprint density at radius 2 is 2.06 bits per heavy atom. The van der Waals surface area contributed by atoms with E-state index in [1.54, 1.807) is 11.3 Å². The number of fused-ring (bicyclic) bond motifs is 3. The molecule has 0 bridgehead atoms. The molecule has 0 aromatic carbocycles. The number of alkyl halides is 3. The lowest BCUT2D eigenvalue weighted by Gasteiger charge is -2.30. The summed E-state index contributed by atoms with van der Waals surface area (Å²) in [4.78, 5) is 27.1. The summed E-state index contributed by atoms with van der Waals surface area (Å²) in [5, 5.41) is 10.9. The number of rotatable bonds is 4. The summed E-state index contributed by atoms with van der Waals surface area (Å²) in [6.07, 6.45) is -3.32. The van der Waals surface area contributed by atoms with E-state index in [1.807, 2.05) is 9.80 Å². The van der Waals surface area contributed by atoms with E-state index in [0.717, 1.165) is 27.6 Å². The molecule has 1 amide bonds. The topological polar surface area (TPSA) is 101 Å². The third-order valence-corrected chi connectivity index (χ3v) is 7.41. The van der Waals surface area contributed by atoms with E-state index in [4.69, 9.17) is 14.7 Å². The predicted molar refractivity (Wildman–Crippen MR) is 117 cm³/mol. The molecular weight excluding hydrogens is 473 g/mol. The predicted octanol–water partition coefficient (Wildman–Crippen LogP) is 2.57.